The lowest BCUT2D eigenvalue weighted by atomic mass is 9.79. The van der Waals surface area contributed by atoms with Crippen LogP contribution < -0.4 is 19.5 Å². The number of fused-ring (bicyclic) bond motifs is 3. The third-order valence-electron chi connectivity index (χ3n) is 6.26. The first-order valence-corrected chi connectivity index (χ1v) is 9.95. The lowest BCUT2D eigenvalue weighted by molar-refractivity contribution is -0.166. The van der Waals surface area contributed by atoms with Crippen LogP contribution in [0.1, 0.15) is 30.9 Å². The number of methoxy groups -OCH3 is 4. The van der Waals surface area contributed by atoms with E-state index in [1.807, 2.05) is 12.1 Å². The van der Waals surface area contributed by atoms with Crippen LogP contribution in [0.3, 0.4) is 0 Å². The van der Waals surface area contributed by atoms with E-state index in [0.29, 0.717) is 30.1 Å². The summed E-state index contributed by atoms with van der Waals surface area (Å²) < 4.78 is 28.8. The van der Waals surface area contributed by atoms with E-state index in [1.165, 1.54) is 14.0 Å². The molecular weight excluding hydrogens is 390 g/mol. The molecule has 2 aliphatic heterocycles. The highest BCUT2D eigenvalue weighted by atomic mass is 16.6. The molecule has 2 bridgehead atoms. The molecule has 30 heavy (non-hydrogen) atoms. The van der Waals surface area contributed by atoms with Crippen molar-refractivity contribution in [3.63, 3.8) is 0 Å². The normalized spacial score (nSPS) is 29.3. The maximum Gasteiger partial charge on any atom is 0.217 e. The fourth-order valence-corrected chi connectivity index (χ4v) is 5.09. The minimum atomic E-state index is -0.986. The molecule has 3 aliphatic rings. The largest absolute Gasteiger partial charge is 0.493 e. The highest BCUT2D eigenvalue weighted by Gasteiger charge is 2.59. The van der Waals surface area contributed by atoms with Gasteiger partial charge in [0.15, 0.2) is 17.3 Å². The van der Waals surface area contributed by atoms with Gasteiger partial charge in [-0.05, 0) is 36.1 Å². The number of hydrogen-bond donors (Lipinski definition) is 1. The third-order valence-corrected chi connectivity index (χ3v) is 6.26. The molecule has 1 aromatic carbocycles. The third kappa shape index (κ3) is 2.89. The van der Waals surface area contributed by atoms with Crippen LogP contribution >= 0.6 is 0 Å². The minimum Gasteiger partial charge on any atom is -0.493 e. The van der Waals surface area contributed by atoms with Crippen molar-refractivity contribution in [1.82, 2.24) is 5.32 Å². The average Bonchev–Trinajstić information content (AvgIpc) is 2.98. The van der Waals surface area contributed by atoms with Gasteiger partial charge in [0.25, 0.3) is 0 Å². The van der Waals surface area contributed by atoms with Crippen molar-refractivity contribution in [2.75, 3.05) is 28.4 Å². The van der Waals surface area contributed by atoms with E-state index in [1.54, 1.807) is 21.3 Å². The van der Waals surface area contributed by atoms with Gasteiger partial charge in [0.2, 0.25) is 11.7 Å². The van der Waals surface area contributed by atoms with Crippen molar-refractivity contribution >= 4 is 17.3 Å². The number of aryl methyl sites for hydroxylation is 1. The summed E-state index contributed by atoms with van der Waals surface area (Å²) in [5, 5.41) is 3.02. The molecule has 1 spiro atoms. The van der Waals surface area contributed by atoms with Crippen molar-refractivity contribution in [1.29, 1.82) is 0 Å². The Morgan fingerprint density at radius 1 is 1.17 bits per heavy atom. The smallest absolute Gasteiger partial charge is 0.217 e. The van der Waals surface area contributed by atoms with Crippen molar-refractivity contribution in [2.45, 2.75) is 50.0 Å². The number of Topliss-reactive ketones (excluding diaryl/α,β-unsaturated/α-hetero) is 1. The summed E-state index contributed by atoms with van der Waals surface area (Å²) in [5.41, 5.74) is 1.65. The molecule has 0 unspecified atom stereocenters. The number of hydrogen-bond acceptors (Lipinski definition) is 7. The zero-order valence-electron chi connectivity index (χ0n) is 17.9. The predicted octanol–water partition coefficient (Wildman–Crippen LogP) is 1.67. The van der Waals surface area contributed by atoms with Crippen LogP contribution in [0, 0.1) is 0 Å². The number of carbonyl (C=O) groups is 2. The van der Waals surface area contributed by atoms with E-state index in [-0.39, 0.29) is 24.2 Å². The summed E-state index contributed by atoms with van der Waals surface area (Å²) in [6.07, 6.45) is 2.07. The maximum absolute atomic E-state index is 12.9. The van der Waals surface area contributed by atoms with Gasteiger partial charge in [-0.3, -0.25) is 9.59 Å². The van der Waals surface area contributed by atoms with E-state index in [4.69, 9.17) is 23.7 Å². The van der Waals surface area contributed by atoms with Gasteiger partial charge in [-0.1, -0.05) is 0 Å². The van der Waals surface area contributed by atoms with E-state index in [2.05, 4.69) is 5.32 Å². The molecule has 1 fully saturated rings. The molecule has 0 aromatic heterocycles. The van der Waals surface area contributed by atoms with Crippen LogP contribution in [-0.4, -0.2) is 64.0 Å². The van der Waals surface area contributed by atoms with Crippen LogP contribution in [0.15, 0.2) is 12.1 Å². The Balaban J connectivity index is 1.97. The molecule has 1 aliphatic carbocycles. The predicted molar refractivity (Wildman–Crippen MR) is 108 cm³/mol. The monoisotopic (exact) mass is 417 g/mol. The first kappa shape index (κ1) is 20.7. The molecular formula is C22H27NO7. The van der Waals surface area contributed by atoms with Crippen molar-refractivity contribution in [2.24, 2.45) is 0 Å². The Morgan fingerprint density at radius 2 is 1.90 bits per heavy atom. The van der Waals surface area contributed by atoms with E-state index in [9.17, 15) is 9.59 Å². The van der Waals surface area contributed by atoms with Gasteiger partial charge in [-0.2, -0.15) is 0 Å². The Bertz CT molecular complexity index is 925. The number of benzene rings is 1. The molecule has 0 radical (unpaired) electrons. The van der Waals surface area contributed by atoms with Gasteiger partial charge in [0, 0.05) is 26.0 Å². The molecule has 1 N–H and O–H groups in total. The van der Waals surface area contributed by atoms with E-state index >= 15 is 0 Å². The number of ether oxygens (including phenoxy) is 5. The van der Waals surface area contributed by atoms with Crippen LogP contribution in [0.25, 0.3) is 5.57 Å². The lowest BCUT2D eigenvalue weighted by Crippen LogP contribution is -2.59. The quantitative estimate of drug-likeness (QED) is 0.779. The van der Waals surface area contributed by atoms with Crippen LogP contribution in [-0.2, 0) is 25.5 Å². The summed E-state index contributed by atoms with van der Waals surface area (Å²) >= 11 is 0. The fraction of sp³-hybridized carbons (Fsp3) is 0.545. The van der Waals surface area contributed by atoms with Crippen molar-refractivity contribution in [3.05, 3.63) is 23.3 Å². The van der Waals surface area contributed by atoms with Gasteiger partial charge >= 0.3 is 0 Å². The van der Waals surface area contributed by atoms with E-state index in [0.717, 1.165) is 16.7 Å². The second kappa shape index (κ2) is 7.59. The second-order valence-electron chi connectivity index (χ2n) is 7.82. The van der Waals surface area contributed by atoms with Gasteiger partial charge in [-0.25, -0.2) is 0 Å². The first-order valence-electron chi connectivity index (χ1n) is 9.95. The maximum atomic E-state index is 12.9. The fourth-order valence-electron chi connectivity index (χ4n) is 5.09. The molecule has 4 atom stereocenters. The van der Waals surface area contributed by atoms with Gasteiger partial charge in [-0.15, -0.1) is 0 Å². The van der Waals surface area contributed by atoms with Gasteiger partial charge < -0.3 is 29.0 Å². The molecule has 0 saturated carbocycles. The SMILES string of the molecule is COc1cc2c(c(OC)c1OC)C1=C[C@@H]3O[C@@]1(CC(=O)[C@H]3OC)[C@@H](NC(C)=O)CC2. The molecule has 162 valence electrons. The molecule has 1 amide bonds. The van der Waals surface area contributed by atoms with Gasteiger partial charge in [0.1, 0.15) is 17.8 Å². The number of ketones is 1. The molecule has 4 rings (SSSR count). The Morgan fingerprint density at radius 3 is 2.50 bits per heavy atom. The standard InChI is InChI=1S/C22H27NO7/c1-11(24)23-17-7-6-12-8-15(26-2)20(28-4)21(29-5)18(12)13-9-16-19(27-3)14(25)10-22(13,17)30-16/h8-9,16-17,19H,6-7,10H2,1-5H3,(H,23,24)/t16-,17-,19+,22+/m0/s1. The summed E-state index contributed by atoms with van der Waals surface area (Å²) in [6.45, 7) is 1.47. The highest BCUT2D eigenvalue weighted by molar-refractivity contribution is 5.95. The molecule has 2 heterocycles. The number of carbonyl (C=O) groups excluding carboxylic acids is 2. The van der Waals surface area contributed by atoms with Gasteiger partial charge in [0.05, 0.1) is 27.4 Å². The van der Waals surface area contributed by atoms with Crippen LogP contribution in [0.5, 0.6) is 17.2 Å². The van der Waals surface area contributed by atoms with Crippen molar-refractivity contribution in [3.8, 4) is 17.2 Å². The number of amides is 1. The average molecular weight is 417 g/mol. The Kier molecular flexibility index (Phi) is 5.23. The van der Waals surface area contributed by atoms with E-state index < -0.39 is 17.8 Å². The molecule has 8 heteroatoms. The summed E-state index contributed by atoms with van der Waals surface area (Å²) in [4.78, 5) is 25.0. The molecule has 8 nitrogen and oxygen atoms in total. The Hall–Kier alpha value is -2.58. The van der Waals surface area contributed by atoms with Crippen molar-refractivity contribution < 1.29 is 33.3 Å². The minimum absolute atomic E-state index is 0.0433. The zero-order chi connectivity index (χ0) is 21.6. The van der Waals surface area contributed by atoms with Crippen LogP contribution in [0.2, 0.25) is 0 Å². The lowest BCUT2D eigenvalue weighted by Gasteiger charge is -2.43. The number of rotatable bonds is 5. The Labute approximate surface area is 175 Å². The topological polar surface area (TPSA) is 92.3 Å². The molecule has 1 saturated heterocycles. The summed E-state index contributed by atoms with van der Waals surface area (Å²) in [5.74, 6) is 1.35. The summed E-state index contributed by atoms with van der Waals surface area (Å²) in [7, 11) is 6.22. The first-order chi connectivity index (χ1) is 14.4. The highest BCUT2D eigenvalue weighted by Crippen LogP contribution is 2.56. The molecule has 1 aromatic rings. The zero-order valence-corrected chi connectivity index (χ0v) is 17.9. The summed E-state index contributed by atoms with van der Waals surface area (Å²) in [6, 6.07) is 1.56. The van der Waals surface area contributed by atoms with Crippen LogP contribution in [0.4, 0.5) is 0 Å². The number of nitrogens with one attached hydrogen (secondary N) is 1. The second-order valence-corrected chi connectivity index (χ2v) is 7.82.